The van der Waals surface area contributed by atoms with Gasteiger partial charge in [0.1, 0.15) is 12.7 Å². The van der Waals surface area contributed by atoms with Crippen LogP contribution in [-0.4, -0.2) is 66.5 Å². The lowest BCUT2D eigenvalue weighted by atomic mass is 10.1. The molecule has 2 N–H and O–H groups in total. The Morgan fingerprint density at radius 1 is 0.354 bits per heavy atom. The van der Waals surface area contributed by atoms with E-state index in [2.05, 4.69) is 130 Å². The first kappa shape index (κ1) is 78.1. The molecule has 12 heteroatoms. The van der Waals surface area contributed by atoms with Gasteiger partial charge in [0.25, 0.3) is 0 Å². The number of rotatable bonds is 60. The van der Waals surface area contributed by atoms with E-state index in [-0.39, 0.29) is 25.9 Å². The molecule has 0 amide bonds. The smallest absolute Gasteiger partial charge is 0.462 e. The fourth-order valence-electron chi connectivity index (χ4n) is 8.68. The van der Waals surface area contributed by atoms with Gasteiger partial charge in [-0.05, 0) is 128 Å². The summed E-state index contributed by atoms with van der Waals surface area (Å²) >= 11 is 0. The maximum Gasteiger partial charge on any atom is 0.472 e. The molecule has 0 saturated carbocycles. The van der Waals surface area contributed by atoms with Crippen molar-refractivity contribution in [2.24, 2.45) is 0 Å². The Kier molecular flexibility index (Phi) is 60.2. The highest BCUT2D eigenvalue weighted by Gasteiger charge is 2.28. The topological polar surface area (TPSA) is 155 Å². The van der Waals surface area contributed by atoms with E-state index in [0.29, 0.717) is 19.3 Å². The number of unbranched alkanes of at least 4 members (excludes halogenated alkanes) is 25. The first-order valence-corrected chi connectivity index (χ1v) is 34.3. The summed E-state index contributed by atoms with van der Waals surface area (Å²) in [6.45, 7) is 4.46. The van der Waals surface area contributed by atoms with Crippen molar-refractivity contribution in [1.82, 2.24) is 0 Å². The average Bonchev–Trinajstić information content (AvgIpc) is 3.50. The Bertz CT molecular complexity index is 1790. The van der Waals surface area contributed by atoms with Crippen LogP contribution in [0.1, 0.15) is 278 Å². The highest BCUT2D eigenvalue weighted by Crippen LogP contribution is 2.43. The number of esters is 3. The predicted molar refractivity (Wildman–Crippen MR) is 343 cm³/mol. The van der Waals surface area contributed by atoms with E-state index in [1.165, 1.54) is 64.2 Å². The highest BCUT2D eigenvalue weighted by atomic mass is 31.2. The van der Waals surface area contributed by atoms with Gasteiger partial charge in [-0.2, -0.15) is 0 Å². The number of carbonyl (C=O) groups excluding carboxylic acids is 3. The summed E-state index contributed by atoms with van der Waals surface area (Å²) in [6, 6.07) is 0. The van der Waals surface area contributed by atoms with E-state index in [4.69, 9.17) is 23.3 Å². The molecule has 0 bridgehead atoms. The monoisotopic (exact) mass is 1170 g/mol. The Balaban J connectivity index is 4.76. The van der Waals surface area contributed by atoms with E-state index in [9.17, 15) is 28.9 Å². The second-order valence-electron chi connectivity index (χ2n) is 21.5. The minimum Gasteiger partial charge on any atom is -0.462 e. The summed E-state index contributed by atoms with van der Waals surface area (Å²) in [4.78, 5) is 48.8. The van der Waals surface area contributed by atoms with Crippen LogP contribution in [0, 0.1) is 0 Å². The zero-order valence-corrected chi connectivity index (χ0v) is 53.1. The normalized spacial score (nSPS) is 14.0. The molecule has 0 aromatic carbocycles. The summed E-state index contributed by atoms with van der Waals surface area (Å²) in [6.07, 6.45) is 77.4. The van der Waals surface area contributed by atoms with Crippen LogP contribution in [0.2, 0.25) is 0 Å². The summed E-state index contributed by atoms with van der Waals surface area (Å²) in [5, 5.41) is 9.86. The molecule has 0 radical (unpaired) electrons. The third-order valence-electron chi connectivity index (χ3n) is 13.6. The van der Waals surface area contributed by atoms with Crippen LogP contribution < -0.4 is 0 Å². The Morgan fingerprint density at radius 2 is 0.634 bits per heavy atom. The van der Waals surface area contributed by atoms with Gasteiger partial charge in [0.15, 0.2) is 6.10 Å². The predicted octanol–water partition coefficient (Wildman–Crippen LogP) is 20.1. The van der Waals surface area contributed by atoms with Gasteiger partial charge >= 0.3 is 25.7 Å². The average molecular weight is 1170 g/mol. The van der Waals surface area contributed by atoms with Crippen LogP contribution in [-0.2, 0) is 42.2 Å². The first-order valence-electron chi connectivity index (χ1n) is 32.8. The number of aliphatic hydroxyl groups is 1. The van der Waals surface area contributed by atoms with Gasteiger partial charge in [-0.1, -0.05) is 239 Å². The van der Waals surface area contributed by atoms with Gasteiger partial charge in [0, 0.05) is 19.3 Å². The molecule has 0 aliphatic rings. The molecule has 0 aromatic rings. The van der Waals surface area contributed by atoms with Crippen molar-refractivity contribution in [2.75, 3.05) is 26.4 Å². The number of aliphatic hydroxyl groups excluding tert-OH is 1. The molecule has 11 nitrogen and oxygen atoms in total. The van der Waals surface area contributed by atoms with E-state index in [1.54, 1.807) is 0 Å². The van der Waals surface area contributed by atoms with Crippen LogP contribution >= 0.6 is 7.82 Å². The third kappa shape index (κ3) is 60.7. The van der Waals surface area contributed by atoms with E-state index < -0.39 is 57.8 Å². The third-order valence-corrected chi connectivity index (χ3v) is 14.6. The van der Waals surface area contributed by atoms with Crippen LogP contribution in [0.15, 0.2) is 109 Å². The molecule has 0 spiro atoms. The molecule has 0 saturated heterocycles. The largest absolute Gasteiger partial charge is 0.472 e. The molecule has 0 aromatic heterocycles. The quantitative estimate of drug-likeness (QED) is 0.0197. The maximum absolute atomic E-state index is 13.0. The highest BCUT2D eigenvalue weighted by molar-refractivity contribution is 7.47. The molecule has 3 unspecified atom stereocenters. The van der Waals surface area contributed by atoms with Crippen LogP contribution in [0.25, 0.3) is 0 Å². The number of phosphoric ester groups is 1. The molecule has 470 valence electrons. The molecule has 82 heavy (non-hydrogen) atoms. The van der Waals surface area contributed by atoms with Crippen molar-refractivity contribution in [3.05, 3.63) is 109 Å². The zero-order valence-electron chi connectivity index (χ0n) is 52.2. The number of ether oxygens (including phenoxy) is 3. The Labute approximate surface area is 501 Å². The molecule has 3 atom stereocenters. The second-order valence-corrected chi connectivity index (χ2v) is 23.0. The summed E-state index contributed by atoms with van der Waals surface area (Å²) < 4.78 is 39.7. The van der Waals surface area contributed by atoms with Crippen molar-refractivity contribution in [1.29, 1.82) is 0 Å². The lowest BCUT2D eigenvalue weighted by Gasteiger charge is -2.21. The lowest BCUT2D eigenvalue weighted by molar-refractivity contribution is -0.161. The van der Waals surface area contributed by atoms with Gasteiger partial charge in [0.2, 0.25) is 0 Å². The van der Waals surface area contributed by atoms with Crippen molar-refractivity contribution in [2.45, 2.75) is 290 Å². The molecular formula is C70H119O11P. The number of allylic oxidation sites excluding steroid dienone is 18. The van der Waals surface area contributed by atoms with E-state index >= 15 is 0 Å². The SMILES string of the molecule is CC/C=C\C/C=C\C/C=C\C/C=C\CCCCCCCCC(=O)OC(COC(=O)CCCCCCCC/C=C\C/C=C\C/C=C\CCCCC)COP(=O)(O)OCC(CO)OC(=O)CCCCCCCCC/C=C\C/C=C\CCCCC. The number of carbonyl (C=O) groups is 3. The number of hydrogen-bond donors (Lipinski definition) is 2. The molecule has 0 aliphatic heterocycles. The van der Waals surface area contributed by atoms with E-state index in [1.807, 2.05) is 0 Å². The summed E-state index contributed by atoms with van der Waals surface area (Å²) in [5.41, 5.74) is 0. The van der Waals surface area contributed by atoms with E-state index in [0.717, 1.165) is 154 Å². The standard InChI is InChI=1S/C70H119O11P/c1-4-7-10-13-16-19-22-25-28-31-33-36-38-41-44-47-50-53-56-59-68(72)77-63-67(81-70(74)61-58-55-52-49-46-43-40-37-34-32-29-26-23-20-17-14-11-8-5-2)65-79-82(75,76)78-64-66(62-71)80-69(73)60-57-54-51-48-45-42-39-35-30-27-24-21-18-15-12-9-6-3/h8,11,16-21,25-30,33-34,36-37,66-67,71H,4-7,9-10,12-15,22-24,31-32,35,38-65H2,1-3H3,(H,75,76)/b11-8-,19-16-,20-17-,21-18-,28-25-,29-26-,30-27-,36-33-,37-34-. The number of hydrogen-bond acceptors (Lipinski definition) is 10. The molecular weight excluding hydrogens is 1050 g/mol. The maximum atomic E-state index is 13.0. The molecule has 0 aliphatic carbocycles. The summed E-state index contributed by atoms with van der Waals surface area (Å²) in [5.74, 6) is -1.50. The minimum atomic E-state index is -4.77. The molecule has 0 rings (SSSR count). The van der Waals surface area contributed by atoms with Crippen LogP contribution in [0.4, 0.5) is 0 Å². The fourth-order valence-corrected chi connectivity index (χ4v) is 9.46. The van der Waals surface area contributed by atoms with Crippen LogP contribution in [0.5, 0.6) is 0 Å². The van der Waals surface area contributed by atoms with Gasteiger partial charge in [-0.3, -0.25) is 23.4 Å². The minimum absolute atomic E-state index is 0.143. The van der Waals surface area contributed by atoms with Crippen molar-refractivity contribution in [3.63, 3.8) is 0 Å². The lowest BCUT2D eigenvalue weighted by Crippen LogP contribution is -2.30. The van der Waals surface area contributed by atoms with Crippen molar-refractivity contribution in [3.8, 4) is 0 Å². The molecule has 0 fully saturated rings. The van der Waals surface area contributed by atoms with Gasteiger partial charge < -0.3 is 24.2 Å². The van der Waals surface area contributed by atoms with Gasteiger partial charge in [-0.15, -0.1) is 0 Å². The van der Waals surface area contributed by atoms with Crippen molar-refractivity contribution < 1.29 is 52.2 Å². The second kappa shape index (κ2) is 63.2. The van der Waals surface area contributed by atoms with Gasteiger partial charge in [0.05, 0.1) is 19.8 Å². The summed E-state index contributed by atoms with van der Waals surface area (Å²) in [7, 11) is -4.77. The van der Waals surface area contributed by atoms with Gasteiger partial charge in [-0.25, -0.2) is 4.57 Å². The number of phosphoric acid groups is 1. The van der Waals surface area contributed by atoms with Crippen molar-refractivity contribution >= 4 is 25.7 Å². The van der Waals surface area contributed by atoms with Crippen LogP contribution in [0.3, 0.4) is 0 Å². The first-order chi connectivity index (χ1) is 40.2. The fraction of sp³-hybridized carbons (Fsp3) is 0.700. The Morgan fingerprint density at radius 3 is 0.976 bits per heavy atom. The zero-order chi connectivity index (χ0) is 59.8. The Hall–Kier alpha value is -3.86. The molecule has 0 heterocycles.